The van der Waals surface area contributed by atoms with Crippen LogP contribution in [0.15, 0.2) is 12.1 Å². The maximum atomic E-state index is 13.2. The first-order valence-corrected chi connectivity index (χ1v) is 4.50. The molecule has 0 saturated carbocycles. The van der Waals surface area contributed by atoms with Crippen LogP contribution in [0.4, 0.5) is 13.2 Å². The Labute approximate surface area is 89.9 Å². The van der Waals surface area contributed by atoms with Crippen LogP contribution in [0, 0.1) is 12.7 Å². The molecule has 15 heavy (non-hydrogen) atoms. The van der Waals surface area contributed by atoms with E-state index >= 15 is 0 Å². The molecule has 82 valence electrons. The van der Waals surface area contributed by atoms with E-state index in [1.807, 2.05) is 0 Å². The molecule has 0 aliphatic heterocycles. The molecule has 0 bridgehead atoms. The van der Waals surface area contributed by atoms with Crippen molar-refractivity contribution < 1.29 is 18.0 Å². The Kier molecular flexibility index (Phi) is 3.09. The first-order chi connectivity index (χ1) is 6.75. The van der Waals surface area contributed by atoms with Crippen LogP contribution < -0.4 is 0 Å². The molecular formula is C10H8ClF3O. The number of benzene rings is 1. The van der Waals surface area contributed by atoms with Gasteiger partial charge >= 0.3 is 5.92 Å². The lowest BCUT2D eigenvalue weighted by Crippen LogP contribution is -2.26. The molecule has 1 nitrogen and oxygen atoms in total. The van der Waals surface area contributed by atoms with Crippen LogP contribution >= 0.6 is 11.6 Å². The second-order valence-corrected chi connectivity index (χ2v) is 3.65. The second-order valence-electron chi connectivity index (χ2n) is 3.27. The quantitative estimate of drug-likeness (QED) is 0.717. The van der Waals surface area contributed by atoms with Crippen molar-refractivity contribution >= 4 is 17.4 Å². The fraction of sp³-hybridized carbons (Fsp3) is 0.300. The van der Waals surface area contributed by atoms with Gasteiger partial charge in [-0.15, -0.1) is 0 Å². The van der Waals surface area contributed by atoms with Crippen molar-refractivity contribution in [1.29, 1.82) is 0 Å². The van der Waals surface area contributed by atoms with E-state index in [1.54, 1.807) is 0 Å². The Bertz CT molecular complexity index is 410. The van der Waals surface area contributed by atoms with Crippen LogP contribution in [0.1, 0.15) is 22.8 Å². The lowest BCUT2D eigenvalue weighted by atomic mass is 10.0. The van der Waals surface area contributed by atoms with Gasteiger partial charge in [0.05, 0.1) is 10.6 Å². The smallest absolute Gasteiger partial charge is 0.287 e. The van der Waals surface area contributed by atoms with Crippen molar-refractivity contribution in [3.8, 4) is 0 Å². The van der Waals surface area contributed by atoms with E-state index in [0.29, 0.717) is 12.5 Å². The summed E-state index contributed by atoms with van der Waals surface area (Å²) < 4.78 is 38.6. The van der Waals surface area contributed by atoms with Gasteiger partial charge in [0.15, 0.2) is 0 Å². The monoisotopic (exact) mass is 236 g/mol. The van der Waals surface area contributed by atoms with Gasteiger partial charge in [-0.3, -0.25) is 4.79 Å². The molecule has 0 N–H and O–H groups in total. The molecule has 0 heterocycles. The summed E-state index contributed by atoms with van der Waals surface area (Å²) in [6.07, 6.45) is 0. The third-order valence-electron chi connectivity index (χ3n) is 1.91. The Morgan fingerprint density at radius 2 is 1.93 bits per heavy atom. The van der Waals surface area contributed by atoms with Gasteiger partial charge in [0.2, 0.25) is 5.78 Å². The fourth-order valence-corrected chi connectivity index (χ4v) is 1.32. The van der Waals surface area contributed by atoms with Gasteiger partial charge in [-0.2, -0.15) is 8.78 Å². The van der Waals surface area contributed by atoms with Gasteiger partial charge in [-0.1, -0.05) is 17.7 Å². The summed E-state index contributed by atoms with van der Waals surface area (Å²) >= 11 is 5.61. The molecule has 0 fully saturated rings. The van der Waals surface area contributed by atoms with Crippen LogP contribution in [-0.2, 0) is 0 Å². The van der Waals surface area contributed by atoms with Gasteiger partial charge in [0, 0.05) is 6.92 Å². The topological polar surface area (TPSA) is 17.1 Å². The van der Waals surface area contributed by atoms with Gasteiger partial charge in [0.1, 0.15) is 5.82 Å². The number of halogens is 4. The lowest BCUT2D eigenvalue weighted by Gasteiger charge is -2.12. The van der Waals surface area contributed by atoms with Crippen LogP contribution in [0.5, 0.6) is 0 Å². The maximum Gasteiger partial charge on any atom is 0.307 e. The summed E-state index contributed by atoms with van der Waals surface area (Å²) in [5, 5.41) is -0.262. The predicted octanol–water partition coefficient (Wildman–Crippen LogP) is 3.63. The summed E-state index contributed by atoms with van der Waals surface area (Å²) in [6, 6.07) is 2.27. The number of alkyl halides is 2. The van der Waals surface area contributed by atoms with E-state index in [2.05, 4.69) is 0 Å². The second kappa shape index (κ2) is 3.85. The molecule has 0 aliphatic rings. The van der Waals surface area contributed by atoms with Crippen molar-refractivity contribution in [3.63, 3.8) is 0 Å². The minimum absolute atomic E-state index is 0.262. The number of carbonyl (C=O) groups is 1. The third-order valence-corrected chi connectivity index (χ3v) is 2.40. The van der Waals surface area contributed by atoms with E-state index in [4.69, 9.17) is 11.6 Å². The number of hydrogen-bond donors (Lipinski definition) is 0. The number of hydrogen-bond acceptors (Lipinski definition) is 1. The molecule has 0 saturated heterocycles. The van der Waals surface area contributed by atoms with Crippen molar-refractivity contribution in [2.75, 3.05) is 0 Å². The maximum absolute atomic E-state index is 13.2. The van der Waals surface area contributed by atoms with Crippen LogP contribution in [0.3, 0.4) is 0 Å². The number of rotatable bonds is 2. The van der Waals surface area contributed by atoms with Crippen LogP contribution in [0.25, 0.3) is 0 Å². The first-order valence-electron chi connectivity index (χ1n) is 4.12. The molecule has 0 radical (unpaired) electrons. The van der Waals surface area contributed by atoms with E-state index in [1.165, 1.54) is 13.0 Å². The summed E-state index contributed by atoms with van der Waals surface area (Å²) in [5.74, 6) is -6.26. The minimum Gasteiger partial charge on any atom is -0.287 e. The van der Waals surface area contributed by atoms with E-state index < -0.39 is 23.1 Å². The Morgan fingerprint density at radius 1 is 1.40 bits per heavy atom. The average Bonchev–Trinajstić information content (AvgIpc) is 2.10. The average molecular weight is 237 g/mol. The summed E-state index contributed by atoms with van der Waals surface area (Å²) in [6.45, 7) is 1.92. The normalized spacial score (nSPS) is 11.6. The molecule has 5 heteroatoms. The summed E-state index contributed by atoms with van der Waals surface area (Å²) in [5.41, 5.74) is -0.366. The van der Waals surface area contributed by atoms with Crippen molar-refractivity contribution in [2.45, 2.75) is 19.8 Å². The number of aryl methyl sites for hydroxylation is 1. The van der Waals surface area contributed by atoms with Crippen LogP contribution in [0.2, 0.25) is 5.02 Å². The zero-order chi connectivity index (χ0) is 11.8. The van der Waals surface area contributed by atoms with Gasteiger partial charge in [0.25, 0.3) is 0 Å². The van der Waals surface area contributed by atoms with E-state index in [0.717, 1.165) is 6.07 Å². The highest BCUT2D eigenvalue weighted by molar-refractivity contribution is 6.35. The van der Waals surface area contributed by atoms with Gasteiger partial charge in [-0.05, 0) is 18.6 Å². The highest BCUT2D eigenvalue weighted by Gasteiger charge is 2.36. The number of ketones is 1. The SMILES string of the molecule is Cc1ccc(F)c(C(=O)C(C)(F)F)c1Cl. The number of carbonyl (C=O) groups excluding carboxylic acids is 1. The lowest BCUT2D eigenvalue weighted by molar-refractivity contribution is 0.0217. The molecule has 0 aliphatic carbocycles. The Balaban J connectivity index is 3.38. The van der Waals surface area contributed by atoms with Crippen molar-refractivity contribution in [3.05, 3.63) is 34.1 Å². The zero-order valence-corrected chi connectivity index (χ0v) is 8.83. The fourth-order valence-electron chi connectivity index (χ4n) is 1.08. The van der Waals surface area contributed by atoms with E-state index in [-0.39, 0.29) is 5.02 Å². The Morgan fingerprint density at radius 3 is 2.40 bits per heavy atom. The molecule has 1 rings (SSSR count). The molecule has 0 unspecified atom stereocenters. The summed E-state index contributed by atoms with van der Waals surface area (Å²) in [4.78, 5) is 11.2. The predicted molar refractivity (Wildman–Crippen MR) is 51.1 cm³/mol. The highest BCUT2D eigenvalue weighted by Crippen LogP contribution is 2.29. The molecule has 0 amide bonds. The van der Waals surface area contributed by atoms with Crippen molar-refractivity contribution in [1.82, 2.24) is 0 Å². The van der Waals surface area contributed by atoms with Crippen molar-refractivity contribution in [2.24, 2.45) is 0 Å². The minimum atomic E-state index is -3.63. The Hall–Kier alpha value is -1.03. The largest absolute Gasteiger partial charge is 0.307 e. The molecule has 1 aromatic carbocycles. The standard InChI is InChI=1S/C10H8ClF3O/c1-5-3-4-6(12)7(8(5)11)9(15)10(2,13)14/h3-4H,1-2H3. The molecule has 1 aromatic rings. The van der Waals surface area contributed by atoms with Gasteiger partial charge < -0.3 is 0 Å². The molecule has 0 aromatic heterocycles. The highest BCUT2D eigenvalue weighted by atomic mass is 35.5. The zero-order valence-electron chi connectivity index (χ0n) is 8.07. The van der Waals surface area contributed by atoms with Crippen LogP contribution in [-0.4, -0.2) is 11.7 Å². The molecule has 0 spiro atoms. The summed E-state index contributed by atoms with van der Waals surface area (Å²) in [7, 11) is 0. The molecule has 0 atom stereocenters. The first kappa shape index (κ1) is 12.0. The molecular weight excluding hydrogens is 229 g/mol. The van der Waals surface area contributed by atoms with E-state index in [9.17, 15) is 18.0 Å². The van der Waals surface area contributed by atoms with Gasteiger partial charge in [-0.25, -0.2) is 4.39 Å². The number of Topliss-reactive ketones (excluding diaryl/α,β-unsaturated/α-hetero) is 1. The third kappa shape index (κ3) is 2.31.